The number of sulfonamides is 1. The molecule has 0 bridgehead atoms. The molecule has 0 aliphatic carbocycles. The third kappa shape index (κ3) is 6.23. The largest absolute Gasteiger partial charge is 0.369 e. The average Bonchev–Trinajstić information content (AvgIpc) is 3.22. The van der Waals surface area contributed by atoms with Crippen LogP contribution in [0.25, 0.3) is 12.2 Å². The van der Waals surface area contributed by atoms with Crippen molar-refractivity contribution in [2.45, 2.75) is 6.42 Å². The van der Waals surface area contributed by atoms with Gasteiger partial charge < -0.3 is 5.32 Å². The zero-order chi connectivity index (χ0) is 20.7. The molecule has 6 nitrogen and oxygen atoms in total. The molecule has 9 heteroatoms. The molecule has 0 spiro atoms. The molecule has 29 heavy (non-hydrogen) atoms. The van der Waals surface area contributed by atoms with Crippen LogP contribution < -0.4 is 10.0 Å². The average molecular weight is 431 g/mol. The fourth-order valence-corrected chi connectivity index (χ4v) is 3.59. The van der Waals surface area contributed by atoms with Gasteiger partial charge in [0, 0.05) is 35.5 Å². The number of benzene rings is 1. The van der Waals surface area contributed by atoms with Crippen molar-refractivity contribution in [3.8, 4) is 0 Å². The third-order valence-electron chi connectivity index (χ3n) is 3.84. The highest BCUT2D eigenvalue weighted by molar-refractivity contribution is 7.95. The number of anilines is 2. The summed E-state index contributed by atoms with van der Waals surface area (Å²) in [5.41, 5.74) is 1.80. The van der Waals surface area contributed by atoms with Crippen molar-refractivity contribution in [3.63, 3.8) is 0 Å². The lowest BCUT2D eigenvalue weighted by molar-refractivity contribution is 0.609. The Balaban J connectivity index is 1.82. The van der Waals surface area contributed by atoms with Crippen LogP contribution >= 0.6 is 11.3 Å². The van der Waals surface area contributed by atoms with Crippen LogP contribution in [0.1, 0.15) is 16.1 Å². The summed E-state index contributed by atoms with van der Waals surface area (Å²) in [4.78, 5) is 8.59. The van der Waals surface area contributed by atoms with Gasteiger partial charge in [0.1, 0.15) is 11.6 Å². The smallest absolute Gasteiger partial charge is 0.254 e. The Kier molecular flexibility index (Phi) is 6.73. The van der Waals surface area contributed by atoms with Crippen molar-refractivity contribution in [1.82, 2.24) is 9.97 Å². The maximum atomic E-state index is 13.1. The molecular weight excluding hydrogens is 411 g/mol. The van der Waals surface area contributed by atoms with Gasteiger partial charge >= 0.3 is 0 Å². The number of hydrogen-bond acceptors (Lipinski definition) is 6. The minimum absolute atomic E-state index is 0.311. The molecule has 3 aromatic rings. The topological polar surface area (TPSA) is 84.0 Å². The van der Waals surface area contributed by atoms with E-state index in [1.807, 2.05) is 5.38 Å². The van der Waals surface area contributed by atoms with Crippen molar-refractivity contribution >= 4 is 45.0 Å². The third-order valence-corrected chi connectivity index (χ3v) is 5.64. The molecule has 150 valence electrons. The van der Waals surface area contributed by atoms with Crippen LogP contribution in [-0.2, 0) is 16.4 Å². The standard InChI is InChI=1S/C20H19FN4O2S2/c1-2-29(26,27)25-18-13-16(6-3-15-4-7-17(21)8-5-15)20(24-14-18)23-10-9-19-22-11-12-28-19/h2-8,11-14,25H,1,9-10H2,(H,23,24). The van der Waals surface area contributed by atoms with Crippen LogP contribution in [0.5, 0.6) is 0 Å². The van der Waals surface area contributed by atoms with E-state index < -0.39 is 10.0 Å². The van der Waals surface area contributed by atoms with Crippen molar-refractivity contribution in [2.75, 3.05) is 16.6 Å². The Bertz CT molecular complexity index is 1100. The number of aromatic nitrogens is 2. The fourth-order valence-electron chi connectivity index (χ4n) is 2.44. The van der Waals surface area contributed by atoms with E-state index in [-0.39, 0.29) is 5.82 Å². The maximum absolute atomic E-state index is 13.1. The highest BCUT2D eigenvalue weighted by Crippen LogP contribution is 2.21. The number of pyridine rings is 1. The molecular formula is C20H19FN4O2S2. The SMILES string of the molecule is C=CS(=O)(=O)Nc1cnc(NCCc2nccs2)c(C=Cc2ccc(F)cc2)c1. The molecule has 0 fully saturated rings. The second-order valence-corrected chi connectivity index (χ2v) is 8.57. The lowest BCUT2D eigenvalue weighted by Crippen LogP contribution is -2.11. The van der Waals surface area contributed by atoms with Gasteiger partial charge in [-0.05, 0) is 23.8 Å². The molecule has 0 saturated heterocycles. The minimum Gasteiger partial charge on any atom is -0.369 e. The van der Waals surface area contributed by atoms with Crippen molar-refractivity contribution < 1.29 is 12.8 Å². The number of rotatable bonds is 9. The summed E-state index contributed by atoms with van der Waals surface area (Å²) in [5.74, 6) is 0.288. The molecule has 3 rings (SSSR count). The zero-order valence-electron chi connectivity index (χ0n) is 15.4. The predicted molar refractivity (Wildman–Crippen MR) is 117 cm³/mol. The van der Waals surface area contributed by atoms with Crippen molar-refractivity contribution in [2.24, 2.45) is 0 Å². The highest BCUT2D eigenvalue weighted by atomic mass is 32.2. The molecule has 2 aromatic heterocycles. The first-order valence-corrected chi connectivity index (χ1v) is 11.1. The molecule has 2 N–H and O–H groups in total. The van der Waals surface area contributed by atoms with Gasteiger partial charge in [0.25, 0.3) is 10.0 Å². The van der Waals surface area contributed by atoms with Crippen LogP contribution in [-0.4, -0.2) is 24.9 Å². The van der Waals surface area contributed by atoms with Crippen LogP contribution in [0.2, 0.25) is 0 Å². The Morgan fingerprint density at radius 1 is 1.17 bits per heavy atom. The highest BCUT2D eigenvalue weighted by Gasteiger charge is 2.08. The Morgan fingerprint density at radius 2 is 1.97 bits per heavy atom. The van der Waals surface area contributed by atoms with Gasteiger partial charge in [-0.15, -0.1) is 11.3 Å². The number of halogens is 1. The molecule has 2 heterocycles. The zero-order valence-corrected chi connectivity index (χ0v) is 17.0. The molecule has 0 aliphatic heterocycles. The Labute approximate surface area is 172 Å². The van der Waals surface area contributed by atoms with E-state index >= 15 is 0 Å². The first-order chi connectivity index (χ1) is 13.9. The second-order valence-electron chi connectivity index (χ2n) is 5.96. The summed E-state index contributed by atoms with van der Waals surface area (Å²) in [5, 5.41) is 7.01. The quantitative estimate of drug-likeness (QED) is 0.526. The predicted octanol–water partition coefficient (Wildman–Crippen LogP) is 4.39. The monoisotopic (exact) mass is 430 g/mol. The van der Waals surface area contributed by atoms with E-state index in [9.17, 15) is 12.8 Å². The normalized spacial score (nSPS) is 11.5. The summed E-state index contributed by atoms with van der Waals surface area (Å²) in [6.45, 7) is 3.90. The fraction of sp³-hybridized carbons (Fsp3) is 0.100. The van der Waals surface area contributed by atoms with Gasteiger partial charge in [-0.25, -0.2) is 22.8 Å². The summed E-state index contributed by atoms with van der Waals surface area (Å²) in [6, 6.07) is 7.72. The molecule has 0 atom stereocenters. The second kappa shape index (κ2) is 9.44. The van der Waals surface area contributed by atoms with E-state index in [2.05, 4.69) is 26.6 Å². The van der Waals surface area contributed by atoms with E-state index in [1.54, 1.807) is 47.9 Å². The van der Waals surface area contributed by atoms with Crippen LogP contribution in [0.4, 0.5) is 15.9 Å². The van der Waals surface area contributed by atoms with Gasteiger partial charge in [-0.2, -0.15) is 0 Å². The van der Waals surface area contributed by atoms with E-state index in [0.29, 0.717) is 23.6 Å². The molecule has 0 radical (unpaired) electrons. The Hall–Kier alpha value is -3.04. The van der Waals surface area contributed by atoms with Crippen LogP contribution in [0.15, 0.2) is 60.1 Å². The summed E-state index contributed by atoms with van der Waals surface area (Å²) in [6.07, 6.45) is 7.52. The van der Waals surface area contributed by atoms with Gasteiger partial charge in [-0.3, -0.25) is 4.72 Å². The molecule has 0 aliphatic rings. The number of hydrogen-bond donors (Lipinski definition) is 2. The number of thiazole rings is 1. The number of nitrogens with zero attached hydrogens (tertiary/aromatic N) is 2. The van der Waals surface area contributed by atoms with Crippen LogP contribution in [0, 0.1) is 5.82 Å². The van der Waals surface area contributed by atoms with E-state index in [0.717, 1.165) is 22.4 Å². The first-order valence-electron chi connectivity index (χ1n) is 8.66. The maximum Gasteiger partial charge on any atom is 0.254 e. The molecule has 1 aromatic carbocycles. The molecule has 0 amide bonds. The van der Waals surface area contributed by atoms with Gasteiger partial charge in [0.05, 0.1) is 16.9 Å². The summed E-state index contributed by atoms with van der Waals surface area (Å²) < 4.78 is 39.0. The van der Waals surface area contributed by atoms with Crippen LogP contribution in [0.3, 0.4) is 0 Å². The lowest BCUT2D eigenvalue weighted by Gasteiger charge is -2.11. The van der Waals surface area contributed by atoms with Gasteiger partial charge in [0.2, 0.25) is 0 Å². The van der Waals surface area contributed by atoms with E-state index in [1.165, 1.54) is 18.3 Å². The van der Waals surface area contributed by atoms with Gasteiger partial charge in [-0.1, -0.05) is 30.9 Å². The molecule has 0 saturated carbocycles. The minimum atomic E-state index is -3.64. The summed E-state index contributed by atoms with van der Waals surface area (Å²) in [7, 11) is -3.64. The lowest BCUT2D eigenvalue weighted by atomic mass is 10.1. The Morgan fingerprint density at radius 3 is 2.66 bits per heavy atom. The first kappa shape index (κ1) is 20.7. The van der Waals surface area contributed by atoms with E-state index in [4.69, 9.17) is 0 Å². The molecule has 0 unspecified atom stereocenters. The number of nitrogens with one attached hydrogen (secondary N) is 2. The van der Waals surface area contributed by atoms with Gasteiger partial charge in [0.15, 0.2) is 0 Å². The van der Waals surface area contributed by atoms with Crippen molar-refractivity contribution in [1.29, 1.82) is 0 Å². The van der Waals surface area contributed by atoms with Crippen molar-refractivity contribution in [3.05, 3.63) is 82.0 Å². The summed E-state index contributed by atoms with van der Waals surface area (Å²) >= 11 is 1.58.